The summed E-state index contributed by atoms with van der Waals surface area (Å²) in [5.41, 5.74) is 7.76. The molecule has 102 valence electrons. The molecule has 0 saturated heterocycles. The van der Waals surface area contributed by atoms with E-state index in [0.717, 1.165) is 17.2 Å². The number of hydrogen-bond acceptors (Lipinski definition) is 4. The summed E-state index contributed by atoms with van der Waals surface area (Å²) in [6.45, 7) is 0.552. The number of nitrogens with two attached hydrogens (primary N) is 1. The van der Waals surface area contributed by atoms with Crippen LogP contribution in [-0.4, -0.2) is 7.11 Å². The predicted molar refractivity (Wildman–Crippen MR) is 83.6 cm³/mol. The van der Waals surface area contributed by atoms with Crippen LogP contribution in [0.25, 0.3) is 10.1 Å². The Balaban J connectivity index is 1.76. The third-order valence-corrected chi connectivity index (χ3v) is 4.13. The Morgan fingerprint density at radius 1 is 1.05 bits per heavy atom. The van der Waals surface area contributed by atoms with Crippen molar-refractivity contribution < 1.29 is 9.47 Å². The van der Waals surface area contributed by atoms with Crippen LogP contribution in [0.15, 0.2) is 47.8 Å². The normalized spacial score (nSPS) is 10.7. The van der Waals surface area contributed by atoms with E-state index >= 15 is 0 Å². The number of ether oxygens (including phenoxy) is 2. The minimum Gasteiger partial charge on any atom is -0.497 e. The second kappa shape index (κ2) is 5.43. The van der Waals surface area contributed by atoms with E-state index in [2.05, 4.69) is 5.38 Å². The van der Waals surface area contributed by atoms with Gasteiger partial charge in [0.25, 0.3) is 0 Å². The zero-order valence-corrected chi connectivity index (χ0v) is 11.9. The van der Waals surface area contributed by atoms with Gasteiger partial charge in [-0.3, -0.25) is 0 Å². The maximum atomic E-state index is 5.81. The number of nitrogen functional groups attached to an aromatic ring is 1. The highest BCUT2D eigenvalue weighted by atomic mass is 32.1. The Morgan fingerprint density at radius 2 is 1.80 bits per heavy atom. The summed E-state index contributed by atoms with van der Waals surface area (Å²) < 4.78 is 12.1. The molecular formula is C16H15NO2S. The number of hydrogen-bond donors (Lipinski definition) is 1. The van der Waals surface area contributed by atoms with Crippen LogP contribution in [-0.2, 0) is 6.61 Å². The molecule has 1 heterocycles. The summed E-state index contributed by atoms with van der Waals surface area (Å²) in [6, 6.07) is 13.6. The van der Waals surface area contributed by atoms with Crippen molar-refractivity contribution in [2.75, 3.05) is 12.8 Å². The average Bonchev–Trinajstić information content (AvgIpc) is 2.88. The monoisotopic (exact) mass is 285 g/mol. The molecule has 0 spiro atoms. The molecule has 0 aliphatic heterocycles. The van der Waals surface area contributed by atoms with Crippen LogP contribution >= 0.6 is 11.3 Å². The molecule has 2 aromatic carbocycles. The molecule has 20 heavy (non-hydrogen) atoms. The summed E-state index contributed by atoms with van der Waals surface area (Å²) in [5, 5.41) is 3.32. The highest BCUT2D eigenvalue weighted by molar-refractivity contribution is 7.17. The van der Waals surface area contributed by atoms with Crippen LogP contribution < -0.4 is 15.2 Å². The molecular weight excluding hydrogens is 270 g/mol. The van der Waals surface area contributed by atoms with Crippen molar-refractivity contribution in [3.8, 4) is 11.5 Å². The third kappa shape index (κ3) is 2.56. The summed E-state index contributed by atoms with van der Waals surface area (Å²) in [4.78, 5) is 0. The molecule has 3 rings (SSSR count). The van der Waals surface area contributed by atoms with E-state index in [1.54, 1.807) is 18.4 Å². The van der Waals surface area contributed by atoms with Gasteiger partial charge in [-0.2, -0.15) is 0 Å². The zero-order chi connectivity index (χ0) is 13.9. The van der Waals surface area contributed by atoms with E-state index in [-0.39, 0.29) is 0 Å². The minimum absolute atomic E-state index is 0.552. The van der Waals surface area contributed by atoms with E-state index in [1.165, 1.54) is 15.6 Å². The van der Waals surface area contributed by atoms with Crippen molar-refractivity contribution in [1.29, 1.82) is 0 Å². The van der Waals surface area contributed by atoms with Crippen molar-refractivity contribution in [2.24, 2.45) is 0 Å². The quantitative estimate of drug-likeness (QED) is 0.735. The molecule has 2 N–H and O–H groups in total. The largest absolute Gasteiger partial charge is 0.497 e. The first-order valence-electron chi connectivity index (χ1n) is 6.29. The van der Waals surface area contributed by atoms with Gasteiger partial charge in [-0.25, -0.2) is 0 Å². The zero-order valence-electron chi connectivity index (χ0n) is 11.1. The molecule has 1 aromatic heterocycles. The van der Waals surface area contributed by atoms with Crippen molar-refractivity contribution in [3.63, 3.8) is 0 Å². The Labute approximate surface area is 121 Å². The van der Waals surface area contributed by atoms with Gasteiger partial charge < -0.3 is 15.2 Å². The molecule has 0 unspecified atom stereocenters. The van der Waals surface area contributed by atoms with Gasteiger partial charge in [-0.15, -0.1) is 11.3 Å². The summed E-state index contributed by atoms with van der Waals surface area (Å²) in [7, 11) is 1.65. The maximum absolute atomic E-state index is 5.81. The molecule has 4 heteroatoms. The first-order valence-corrected chi connectivity index (χ1v) is 7.16. The molecule has 0 aliphatic carbocycles. The molecule has 0 saturated carbocycles. The first-order chi connectivity index (χ1) is 9.76. The predicted octanol–water partition coefficient (Wildman–Crippen LogP) is 4.07. The van der Waals surface area contributed by atoms with E-state index in [1.807, 2.05) is 42.5 Å². The second-order valence-corrected chi connectivity index (χ2v) is 5.39. The summed E-state index contributed by atoms with van der Waals surface area (Å²) >= 11 is 1.69. The summed E-state index contributed by atoms with van der Waals surface area (Å²) in [5.74, 6) is 1.66. The van der Waals surface area contributed by atoms with Gasteiger partial charge in [0, 0.05) is 16.0 Å². The maximum Gasteiger partial charge on any atom is 0.120 e. The number of rotatable bonds is 4. The minimum atomic E-state index is 0.552. The molecule has 3 aromatic rings. The van der Waals surface area contributed by atoms with Crippen LogP contribution in [0.2, 0.25) is 0 Å². The van der Waals surface area contributed by atoms with E-state index < -0.39 is 0 Å². The first kappa shape index (κ1) is 12.8. The van der Waals surface area contributed by atoms with Gasteiger partial charge >= 0.3 is 0 Å². The van der Waals surface area contributed by atoms with Crippen molar-refractivity contribution in [2.45, 2.75) is 6.61 Å². The van der Waals surface area contributed by atoms with Crippen LogP contribution in [0, 0.1) is 0 Å². The fourth-order valence-corrected chi connectivity index (χ4v) is 3.04. The smallest absolute Gasteiger partial charge is 0.120 e. The summed E-state index contributed by atoms with van der Waals surface area (Å²) in [6.07, 6.45) is 0. The van der Waals surface area contributed by atoms with Gasteiger partial charge in [0.2, 0.25) is 0 Å². The SMILES string of the molecule is COc1ccc(OCc2csc3cc(N)ccc23)cc1. The molecule has 3 nitrogen and oxygen atoms in total. The van der Waals surface area contributed by atoms with Gasteiger partial charge in [0.15, 0.2) is 0 Å². The van der Waals surface area contributed by atoms with Gasteiger partial charge in [0.1, 0.15) is 18.1 Å². The molecule has 0 amide bonds. The van der Waals surface area contributed by atoms with Crippen molar-refractivity contribution in [3.05, 3.63) is 53.4 Å². The highest BCUT2D eigenvalue weighted by Crippen LogP contribution is 2.29. The standard InChI is InChI=1S/C16H15NO2S/c1-18-13-3-5-14(6-4-13)19-9-11-10-20-16-8-12(17)2-7-15(11)16/h2-8,10H,9,17H2,1H3. The van der Waals surface area contributed by atoms with Crippen molar-refractivity contribution >= 4 is 27.1 Å². The van der Waals surface area contributed by atoms with E-state index in [4.69, 9.17) is 15.2 Å². The fraction of sp³-hybridized carbons (Fsp3) is 0.125. The number of thiophene rings is 1. The second-order valence-electron chi connectivity index (χ2n) is 4.48. The number of methoxy groups -OCH3 is 1. The number of fused-ring (bicyclic) bond motifs is 1. The topological polar surface area (TPSA) is 44.5 Å². The molecule has 0 atom stereocenters. The van der Waals surface area contributed by atoms with E-state index in [0.29, 0.717) is 6.61 Å². The third-order valence-electron chi connectivity index (χ3n) is 3.13. The number of benzene rings is 2. The van der Waals surface area contributed by atoms with Crippen LogP contribution in [0.5, 0.6) is 11.5 Å². The van der Waals surface area contributed by atoms with Gasteiger partial charge in [-0.1, -0.05) is 6.07 Å². The van der Waals surface area contributed by atoms with Gasteiger partial charge in [-0.05, 0) is 47.2 Å². The van der Waals surface area contributed by atoms with Crippen molar-refractivity contribution in [1.82, 2.24) is 0 Å². The Kier molecular flexibility index (Phi) is 3.48. The van der Waals surface area contributed by atoms with Crippen LogP contribution in [0.1, 0.15) is 5.56 Å². The lowest BCUT2D eigenvalue weighted by molar-refractivity contribution is 0.307. The molecule has 0 radical (unpaired) electrons. The van der Waals surface area contributed by atoms with Gasteiger partial charge in [0.05, 0.1) is 7.11 Å². The van der Waals surface area contributed by atoms with Crippen LogP contribution in [0.4, 0.5) is 5.69 Å². The molecule has 0 aliphatic rings. The molecule has 0 fully saturated rings. The van der Waals surface area contributed by atoms with Crippen LogP contribution in [0.3, 0.4) is 0 Å². The average molecular weight is 285 g/mol. The Morgan fingerprint density at radius 3 is 2.55 bits per heavy atom. The lowest BCUT2D eigenvalue weighted by atomic mass is 10.2. The lowest BCUT2D eigenvalue weighted by Gasteiger charge is -2.06. The molecule has 0 bridgehead atoms. The van der Waals surface area contributed by atoms with E-state index in [9.17, 15) is 0 Å². The number of anilines is 1. The Hall–Kier alpha value is -2.20. The Bertz CT molecular complexity index is 719. The lowest BCUT2D eigenvalue weighted by Crippen LogP contribution is -1.94. The fourth-order valence-electron chi connectivity index (χ4n) is 2.04. The highest BCUT2D eigenvalue weighted by Gasteiger charge is 2.05.